The summed E-state index contributed by atoms with van der Waals surface area (Å²) in [6, 6.07) is 28.5. The van der Waals surface area contributed by atoms with Gasteiger partial charge in [-0.15, -0.1) is 0 Å². The number of anilines is 2. The summed E-state index contributed by atoms with van der Waals surface area (Å²) in [5.74, 6) is 0.562. The van der Waals surface area contributed by atoms with Crippen LogP contribution in [0.1, 0.15) is 21.5 Å². The Morgan fingerprint density at radius 3 is 2.16 bits per heavy atom. The minimum Gasteiger partial charge on any atom is -0.497 e. The molecule has 1 N–H and O–H groups in total. The monoisotopic (exact) mass is 541 g/mol. The summed E-state index contributed by atoms with van der Waals surface area (Å²) in [6.07, 6.45) is 1.74. The molecule has 0 radical (unpaired) electrons. The molecule has 0 bridgehead atoms. The number of carbonyl (C=O) groups is 2. The van der Waals surface area contributed by atoms with E-state index in [9.17, 15) is 9.59 Å². The molecule has 1 aliphatic heterocycles. The molecule has 0 unspecified atom stereocenters. The summed E-state index contributed by atoms with van der Waals surface area (Å²) in [6.45, 7) is 0. The van der Waals surface area contributed by atoms with Crippen molar-refractivity contribution < 1.29 is 14.3 Å². The quantitative estimate of drug-likeness (QED) is 0.265. The molecule has 4 aromatic carbocycles. The number of hydrogen-bond acceptors (Lipinski definition) is 4. The van der Waals surface area contributed by atoms with Crippen molar-refractivity contribution in [2.24, 2.45) is 4.99 Å². The highest BCUT2D eigenvalue weighted by molar-refractivity contribution is 6.40. The predicted octanol–water partition coefficient (Wildman–Crippen LogP) is 7.09. The van der Waals surface area contributed by atoms with Gasteiger partial charge in [0.25, 0.3) is 11.8 Å². The van der Waals surface area contributed by atoms with Crippen LogP contribution in [0, 0.1) is 0 Å². The third kappa shape index (κ3) is 5.18. The van der Waals surface area contributed by atoms with E-state index < -0.39 is 0 Å². The van der Waals surface area contributed by atoms with Crippen LogP contribution >= 0.6 is 23.2 Å². The Morgan fingerprint density at radius 1 is 0.868 bits per heavy atom. The zero-order valence-corrected chi connectivity index (χ0v) is 21.7. The fourth-order valence-electron chi connectivity index (χ4n) is 3.96. The van der Waals surface area contributed by atoms with Gasteiger partial charge in [-0.05, 0) is 60.2 Å². The number of ether oxygens (including phenoxy) is 1. The van der Waals surface area contributed by atoms with E-state index in [-0.39, 0.29) is 11.8 Å². The van der Waals surface area contributed by atoms with Crippen molar-refractivity contribution in [1.82, 2.24) is 0 Å². The second-order valence-electron chi connectivity index (χ2n) is 8.34. The second-order valence-corrected chi connectivity index (χ2v) is 9.16. The Labute approximate surface area is 229 Å². The molecule has 0 aliphatic carbocycles. The molecule has 188 valence electrons. The lowest BCUT2D eigenvalue weighted by atomic mass is 10.1. The predicted molar refractivity (Wildman–Crippen MR) is 152 cm³/mol. The number of rotatable bonds is 6. The number of hydrogen-bond donors (Lipinski definition) is 1. The van der Waals surface area contributed by atoms with Gasteiger partial charge in [-0.3, -0.25) is 14.5 Å². The Kier molecular flexibility index (Phi) is 7.26. The molecule has 38 heavy (non-hydrogen) atoms. The van der Waals surface area contributed by atoms with Crippen molar-refractivity contribution in [3.63, 3.8) is 0 Å². The molecule has 0 fully saturated rings. The summed E-state index contributed by atoms with van der Waals surface area (Å²) in [7, 11) is 1.60. The van der Waals surface area contributed by atoms with E-state index in [1.165, 1.54) is 4.90 Å². The molecule has 0 spiro atoms. The van der Waals surface area contributed by atoms with Crippen LogP contribution in [0.5, 0.6) is 5.75 Å². The first-order valence-corrected chi connectivity index (χ1v) is 12.4. The summed E-state index contributed by atoms with van der Waals surface area (Å²) < 4.78 is 5.22. The maximum atomic E-state index is 13.6. The third-order valence-corrected chi connectivity index (χ3v) is 6.53. The highest BCUT2D eigenvalue weighted by atomic mass is 35.5. The van der Waals surface area contributed by atoms with Gasteiger partial charge in [0.05, 0.1) is 28.5 Å². The van der Waals surface area contributed by atoms with Crippen LogP contribution in [-0.2, 0) is 4.79 Å². The van der Waals surface area contributed by atoms with E-state index in [4.69, 9.17) is 27.9 Å². The number of carbonyl (C=O) groups excluding carboxylic acids is 2. The number of amides is 2. The minimum atomic E-state index is -0.378. The molecule has 6 nitrogen and oxygen atoms in total. The number of para-hydroxylation sites is 1. The molecule has 8 heteroatoms. The van der Waals surface area contributed by atoms with Crippen LogP contribution in [0.3, 0.4) is 0 Å². The number of benzene rings is 4. The first-order chi connectivity index (χ1) is 18.4. The van der Waals surface area contributed by atoms with Crippen LogP contribution < -0.4 is 15.0 Å². The number of methoxy groups -OCH3 is 1. The van der Waals surface area contributed by atoms with Gasteiger partial charge in [-0.2, -0.15) is 0 Å². The highest BCUT2D eigenvalue weighted by Crippen LogP contribution is 2.31. The van der Waals surface area contributed by atoms with Gasteiger partial charge in [0.1, 0.15) is 17.3 Å². The SMILES string of the molecule is COc1ccc(/C=C2\N=C(c3ccccc3)N(c3ccc(C(=O)Nc4c(Cl)cccc4Cl)cc3)C2=O)cc1. The fraction of sp³-hybridized carbons (Fsp3) is 0.0333. The molecular weight excluding hydrogens is 521 g/mol. The number of amidine groups is 1. The largest absolute Gasteiger partial charge is 0.497 e. The molecular formula is C30H21Cl2N3O3. The van der Waals surface area contributed by atoms with Crippen molar-refractivity contribution >= 4 is 58.3 Å². The van der Waals surface area contributed by atoms with E-state index >= 15 is 0 Å². The summed E-state index contributed by atoms with van der Waals surface area (Å²) in [4.78, 5) is 32.6. The van der Waals surface area contributed by atoms with Crippen LogP contribution in [0.25, 0.3) is 6.08 Å². The van der Waals surface area contributed by atoms with Crippen molar-refractivity contribution in [3.05, 3.63) is 129 Å². The van der Waals surface area contributed by atoms with Crippen molar-refractivity contribution in [2.75, 3.05) is 17.3 Å². The molecule has 4 aromatic rings. The zero-order chi connectivity index (χ0) is 26.6. The van der Waals surface area contributed by atoms with Gasteiger partial charge in [-0.1, -0.05) is 71.7 Å². The average Bonchev–Trinajstić information content (AvgIpc) is 3.27. The van der Waals surface area contributed by atoms with Gasteiger partial charge in [0, 0.05) is 11.1 Å². The Bertz CT molecular complexity index is 1540. The number of aliphatic imine (C=N–C) groups is 1. The summed E-state index contributed by atoms with van der Waals surface area (Å²) in [5.41, 5.74) is 3.19. The zero-order valence-electron chi connectivity index (χ0n) is 20.2. The van der Waals surface area contributed by atoms with E-state index in [2.05, 4.69) is 10.3 Å². The van der Waals surface area contributed by atoms with Crippen LogP contribution in [0.15, 0.2) is 108 Å². The highest BCUT2D eigenvalue weighted by Gasteiger charge is 2.32. The number of nitrogens with zero attached hydrogens (tertiary/aromatic N) is 2. The Morgan fingerprint density at radius 2 is 1.53 bits per heavy atom. The molecule has 0 aromatic heterocycles. The van der Waals surface area contributed by atoms with Crippen molar-refractivity contribution in [2.45, 2.75) is 0 Å². The van der Waals surface area contributed by atoms with E-state index in [0.717, 1.165) is 16.9 Å². The average molecular weight is 542 g/mol. The molecule has 1 heterocycles. The molecule has 0 atom stereocenters. The molecule has 1 aliphatic rings. The second kappa shape index (κ2) is 10.9. The van der Waals surface area contributed by atoms with Gasteiger partial charge >= 0.3 is 0 Å². The molecule has 5 rings (SSSR count). The van der Waals surface area contributed by atoms with E-state index in [0.29, 0.717) is 38.5 Å². The van der Waals surface area contributed by atoms with Crippen molar-refractivity contribution in [3.8, 4) is 5.75 Å². The molecule has 0 saturated carbocycles. The Hall–Kier alpha value is -4.39. The maximum absolute atomic E-state index is 13.6. The topological polar surface area (TPSA) is 71.0 Å². The van der Waals surface area contributed by atoms with Gasteiger partial charge in [0.2, 0.25) is 0 Å². The lowest BCUT2D eigenvalue weighted by Gasteiger charge is -2.19. The fourth-order valence-corrected chi connectivity index (χ4v) is 4.45. The van der Waals surface area contributed by atoms with Gasteiger partial charge < -0.3 is 10.1 Å². The summed E-state index contributed by atoms with van der Waals surface area (Å²) in [5, 5.41) is 3.42. The number of halogens is 2. The lowest BCUT2D eigenvalue weighted by Crippen LogP contribution is -2.32. The third-order valence-electron chi connectivity index (χ3n) is 5.90. The lowest BCUT2D eigenvalue weighted by molar-refractivity contribution is -0.113. The van der Waals surface area contributed by atoms with E-state index in [1.807, 2.05) is 54.6 Å². The van der Waals surface area contributed by atoms with Crippen LogP contribution in [0.4, 0.5) is 11.4 Å². The molecule has 0 saturated heterocycles. The normalized spacial score (nSPS) is 14.0. The smallest absolute Gasteiger partial charge is 0.282 e. The summed E-state index contributed by atoms with van der Waals surface area (Å²) >= 11 is 12.4. The Balaban J connectivity index is 1.45. The van der Waals surface area contributed by atoms with Crippen molar-refractivity contribution in [1.29, 1.82) is 0 Å². The molecule has 2 amide bonds. The van der Waals surface area contributed by atoms with Crippen LogP contribution in [-0.4, -0.2) is 24.8 Å². The van der Waals surface area contributed by atoms with E-state index in [1.54, 1.807) is 55.7 Å². The first kappa shape index (κ1) is 25.3. The standard InChI is InChI=1S/C30H21Cl2N3O3/c1-38-23-16-10-19(11-17-23)18-26-30(37)35(28(33-26)20-6-3-2-4-7-20)22-14-12-21(13-15-22)29(36)34-27-24(31)8-5-9-25(27)32/h2-18H,1H3,(H,34,36)/b26-18-. The minimum absolute atomic E-state index is 0.278. The number of nitrogens with one attached hydrogen (secondary N) is 1. The van der Waals surface area contributed by atoms with Gasteiger partial charge in [-0.25, -0.2) is 4.99 Å². The maximum Gasteiger partial charge on any atom is 0.282 e. The first-order valence-electron chi connectivity index (χ1n) is 11.6. The van der Waals surface area contributed by atoms with Crippen LogP contribution in [0.2, 0.25) is 10.0 Å². The van der Waals surface area contributed by atoms with Gasteiger partial charge in [0.15, 0.2) is 0 Å².